The lowest BCUT2D eigenvalue weighted by Gasteiger charge is -2.05. The zero-order valence-corrected chi connectivity index (χ0v) is 11.2. The molecule has 1 aromatic carbocycles. The van der Waals surface area contributed by atoms with Crippen LogP contribution in [-0.2, 0) is 4.79 Å². The minimum atomic E-state index is -0.868. The Balaban J connectivity index is 2.05. The molecule has 2 nitrogen and oxygen atoms in total. The molecule has 1 saturated carbocycles. The number of hydrogen-bond acceptors (Lipinski definition) is 2. The molecule has 0 radical (unpaired) electrons. The van der Waals surface area contributed by atoms with Crippen molar-refractivity contribution in [1.82, 2.24) is 0 Å². The van der Waals surface area contributed by atoms with Crippen molar-refractivity contribution >= 4 is 29.0 Å². The van der Waals surface area contributed by atoms with Gasteiger partial charge in [0.2, 0.25) is 0 Å². The van der Waals surface area contributed by atoms with E-state index in [0.717, 1.165) is 10.4 Å². The lowest BCUT2D eigenvalue weighted by Crippen LogP contribution is -1.98. The molecule has 0 aliphatic heterocycles. The van der Waals surface area contributed by atoms with Crippen LogP contribution in [0, 0.1) is 0 Å². The largest absolute Gasteiger partial charge is 0.478 e. The third-order valence-electron chi connectivity index (χ3n) is 3.33. The van der Waals surface area contributed by atoms with Crippen LogP contribution >= 0.6 is 11.3 Å². The molecule has 1 aliphatic carbocycles. The van der Waals surface area contributed by atoms with Crippen molar-refractivity contribution in [3.8, 4) is 0 Å². The molecule has 1 heterocycles. The molecule has 0 unspecified atom stereocenters. The summed E-state index contributed by atoms with van der Waals surface area (Å²) in [5, 5.41) is 11.3. The first-order valence-electron chi connectivity index (χ1n) is 6.33. The van der Waals surface area contributed by atoms with Crippen LogP contribution in [0.25, 0.3) is 11.6 Å². The molecule has 3 rings (SSSR count). The quantitative estimate of drug-likeness (QED) is 0.843. The highest BCUT2D eigenvalue weighted by atomic mass is 32.1. The van der Waals surface area contributed by atoms with E-state index in [1.165, 1.54) is 29.7 Å². The Bertz CT molecular complexity index is 622. The molecular weight excluding hydrogens is 256 g/mol. The topological polar surface area (TPSA) is 37.3 Å². The van der Waals surface area contributed by atoms with Gasteiger partial charge in [-0.05, 0) is 47.4 Å². The zero-order chi connectivity index (χ0) is 13.2. The van der Waals surface area contributed by atoms with Gasteiger partial charge in [-0.25, -0.2) is 4.79 Å². The Morgan fingerprint density at radius 2 is 2.00 bits per heavy atom. The number of carbonyl (C=O) groups is 1. The Labute approximate surface area is 116 Å². The van der Waals surface area contributed by atoms with Gasteiger partial charge >= 0.3 is 5.97 Å². The number of thiophene rings is 1. The van der Waals surface area contributed by atoms with Gasteiger partial charge in [0.05, 0.1) is 5.57 Å². The van der Waals surface area contributed by atoms with Crippen molar-refractivity contribution in [2.75, 3.05) is 0 Å². The van der Waals surface area contributed by atoms with Gasteiger partial charge in [-0.15, -0.1) is 11.3 Å². The van der Waals surface area contributed by atoms with Crippen LogP contribution in [0.4, 0.5) is 0 Å². The van der Waals surface area contributed by atoms with E-state index in [1.54, 1.807) is 0 Å². The smallest absolute Gasteiger partial charge is 0.337 e. The monoisotopic (exact) mass is 270 g/mol. The molecule has 96 valence electrons. The summed E-state index contributed by atoms with van der Waals surface area (Å²) in [7, 11) is 0. The second kappa shape index (κ2) is 5.02. The predicted octanol–water partition coefficient (Wildman–Crippen LogP) is 4.25. The summed E-state index contributed by atoms with van der Waals surface area (Å²) in [5.74, 6) is -0.251. The zero-order valence-electron chi connectivity index (χ0n) is 10.4. The molecule has 1 N–H and O–H groups in total. The third kappa shape index (κ3) is 2.61. The number of carboxylic acids is 1. The molecule has 19 heavy (non-hydrogen) atoms. The van der Waals surface area contributed by atoms with Crippen LogP contribution in [0.1, 0.15) is 34.8 Å². The molecule has 0 saturated heterocycles. The SMILES string of the molecule is O=C(O)C(=Cc1ccccc1C1CC1)c1cccs1. The van der Waals surface area contributed by atoms with Crippen LogP contribution in [-0.4, -0.2) is 11.1 Å². The fraction of sp³-hybridized carbons (Fsp3) is 0.188. The van der Waals surface area contributed by atoms with E-state index in [-0.39, 0.29) is 0 Å². The van der Waals surface area contributed by atoms with Crippen LogP contribution in [0.15, 0.2) is 41.8 Å². The van der Waals surface area contributed by atoms with Gasteiger partial charge in [0.25, 0.3) is 0 Å². The molecule has 0 bridgehead atoms. The number of carboxylic acid groups (broad SMARTS) is 1. The van der Waals surface area contributed by atoms with Crippen molar-refractivity contribution in [3.05, 3.63) is 57.8 Å². The highest BCUT2D eigenvalue weighted by Gasteiger charge is 2.25. The number of aliphatic carboxylic acids is 1. The molecule has 0 atom stereocenters. The number of rotatable bonds is 4. The van der Waals surface area contributed by atoms with Gasteiger partial charge in [-0.1, -0.05) is 30.3 Å². The molecule has 3 heteroatoms. The standard InChI is InChI=1S/C16H14O2S/c17-16(18)14(15-6-3-9-19-15)10-12-4-1-2-5-13(12)11-7-8-11/h1-6,9-11H,7-8H2,(H,17,18). The van der Waals surface area contributed by atoms with E-state index < -0.39 is 5.97 Å². The molecule has 1 fully saturated rings. The van der Waals surface area contributed by atoms with Crippen LogP contribution in [0.3, 0.4) is 0 Å². The van der Waals surface area contributed by atoms with E-state index in [4.69, 9.17) is 0 Å². The van der Waals surface area contributed by atoms with Crippen molar-refractivity contribution in [3.63, 3.8) is 0 Å². The van der Waals surface area contributed by atoms with E-state index in [9.17, 15) is 9.90 Å². The van der Waals surface area contributed by atoms with Crippen molar-refractivity contribution in [1.29, 1.82) is 0 Å². The second-order valence-corrected chi connectivity index (χ2v) is 5.69. The van der Waals surface area contributed by atoms with E-state index >= 15 is 0 Å². The molecule has 2 aromatic rings. The fourth-order valence-electron chi connectivity index (χ4n) is 2.23. The summed E-state index contributed by atoms with van der Waals surface area (Å²) < 4.78 is 0. The van der Waals surface area contributed by atoms with Gasteiger partial charge in [0, 0.05) is 4.88 Å². The second-order valence-electron chi connectivity index (χ2n) is 4.74. The van der Waals surface area contributed by atoms with Crippen LogP contribution < -0.4 is 0 Å². The van der Waals surface area contributed by atoms with Gasteiger partial charge in [-0.3, -0.25) is 0 Å². The average Bonchev–Trinajstić information content (AvgIpc) is 3.12. The fourth-order valence-corrected chi connectivity index (χ4v) is 2.97. The number of benzene rings is 1. The first kappa shape index (κ1) is 12.2. The summed E-state index contributed by atoms with van der Waals surface area (Å²) in [6, 6.07) is 11.8. The van der Waals surface area contributed by atoms with Crippen LogP contribution in [0.2, 0.25) is 0 Å². The lowest BCUT2D eigenvalue weighted by molar-refractivity contribution is -0.130. The van der Waals surface area contributed by atoms with Gasteiger partial charge < -0.3 is 5.11 Å². The van der Waals surface area contributed by atoms with E-state index in [1.807, 2.05) is 41.8 Å². The predicted molar refractivity (Wildman–Crippen MR) is 78.2 cm³/mol. The van der Waals surface area contributed by atoms with Gasteiger partial charge in [0.1, 0.15) is 0 Å². The van der Waals surface area contributed by atoms with Gasteiger partial charge in [0.15, 0.2) is 0 Å². The minimum Gasteiger partial charge on any atom is -0.478 e. The first-order valence-corrected chi connectivity index (χ1v) is 7.21. The van der Waals surface area contributed by atoms with Crippen molar-refractivity contribution in [2.24, 2.45) is 0 Å². The average molecular weight is 270 g/mol. The molecule has 1 aliphatic rings. The summed E-state index contributed by atoms with van der Waals surface area (Å²) in [4.78, 5) is 12.2. The summed E-state index contributed by atoms with van der Waals surface area (Å²) in [6.07, 6.45) is 4.24. The Morgan fingerprint density at radius 3 is 2.63 bits per heavy atom. The highest BCUT2D eigenvalue weighted by Crippen LogP contribution is 2.42. The third-order valence-corrected chi connectivity index (χ3v) is 4.23. The maximum absolute atomic E-state index is 11.4. The molecule has 0 amide bonds. The van der Waals surface area contributed by atoms with E-state index in [2.05, 4.69) is 6.07 Å². The minimum absolute atomic E-state index is 0.378. The molecular formula is C16H14O2S. The summed E-state index contributed by atoms with van der Waals surface area (Å²) >= 11 is 1.46. The Hall–Kier alpha value is -1.87. The number of hydrogen-bond donors (Lipinski definition) is 1. The van der Waals surface area contributed by atoms with Gasteiger partial charge in [-0.2, -0.15) is 0 Å². The van der Waals surface area contributed by atoms with Crippen molar-refractivity contribution in [2.45, 2.75) is 18.8 Å². The normalized spacial score (nSPS) is 15.5. The lowest BCUT2D eigenvalue weighted by atomic mass is 10.0. The molecule has 0 spiro atoms. The summed E-state index contributed by atoms with van der Waals surface area (Å²) in [6.45, 7) is 0. The summed E-state index contributed by atoms with van der Waals surface area (Å²) in [5.41, 5.74) is 2.69. The molecule has 1 aromatic heterocycles. The van der Waals surface area contributed by atoms with Crippen LogP contribution in [0.5, 0.6) is 0 Å². The maximum Gasteiger partial charge on any atom is 0.337 e. The first-order chi connectivity index (χ1) is 9.25. The van der Waals surface area contributed by atoms with E-state index in [0.29, 0.717) is 11.5 Å². The van der Waals surface area contributed by atoms with Crippen molar-refractivity contribution < 1.29 is 9.90 Å². The Kier molecular flexibility index (Phi) is 3.22. The maximum atomic E-state index is 11.4. The highest BCUT2D eigenvalue weighted by molar-refractivity contribution is 7.11. The Morgan fingerprint density at radius 1 is 1.21 bits per heavy atom.